The molecule has 3 atom stereocenters. The number of halogens is 2. The van der Waals surface area contributed by atoms with Crippen molar-refractivity contribution in [3.05, 3.63) is 71.1 Å². The number of H-pyrrole nitrogens is 1. The summed E-state index contributed by atoms with van der Waals surface area (Å²) in [5, 5.41) is 34.5. The summed E-state index contributed by atoms with van der Waals surface area (Å²) < 4.78 is 29.0. The Morgan fingerprint density at radius 3 is 2.65 bits per heavy atom. The molecule has 4 aromatic rings. The van der Waals surface area contributed by atoms with Crippen LogP contribution < -0.4 is 0 Å². The molecule has 2 aliphatic carbocycles. The molecule has 11 heteroatoms. The Hall–Kier alpha value is -3.70. The fraction of sp³-hybridized carbons (Fsp3) is 0.385. The summed E-state index contributed by atoms with van der Waals surface area (Å²) in [4.78, 5) is 13.8. The number of benzene rings is 1. The summed E-state index contributed by atoms with van der Waals surface area (Å²) in [5.41, 5.74) is 1.97. The minimum Gasteiger partial charge on any atom is -0.394 e. The Balaban J connectivity index is 1.43. The second kappa shape index (κ2) is 8.42. The van der Waals surface area contributed by atoms with Gasteiger partial charge in [-0.05, 0) is 47.9 Å². The third kappa shape index (κ3) is 3.41. The molecule has 0 aliphatic heterocycles. The second-order valence-electron chi connectivity index (χ2n) is 10.3. The van der Waals surface area contributed by atoms with Crippen LogP contribution in [0.15, 0.2) is 36.7 Å². The van der Waals surface area contributed by atoms with Crippen molar-refractivity contribution < 1.29 is 19.0 Å². The summed E-state index contributed by atoms with van der Waals surface area (Å²) in [6, 6.07) is 5.52. The van der Waals surface area contributed by atoms with Crippen LogP contribution in [-0.4, -0.2) is 58.3 Å². The van der Waals surface area contributed by atoms with E-state index in [2.05, 4.69) is 44.2 Å². The number of aromatic amines is 1. The molecule has 3 aromatic heterocycles. The molecule has 190 valence electrons. The van der Waals surface area contributed by atoms with Gasteiger partial charge in [0.2, 0.25) is 0 Å². The molecule has 2 aliphatic rings. The molecule has 0 amide bonds. The minimum absolute atomic E-state index is 0.104. The predicted octanol–water partition coefficient (Wildman–Crippen LogP) is 3.10. The van der Waals surface area contributed by atoms with Gasteiger partial charge in [-0.1, -0.05) is 19.9 Å². The van der Waals surface area contributed by atoms with Gasteiger partial charge >= 0.3 is 0 Å². The molecular formula is C26H25F2N7O2. The van der Waals surface area contributed by atoms with E-state index in [1.165, 1.54) is 18.2 Å². The number of hydrogen-bond donors (Lipinski definition) is 3. The lowest BCUT2D eigenvalue weighted by Crippen LogP contribution is -2.38. The van der Waals surface area contributed by atoms with Crippen molar-refractivity contribution >= 4 is 0 Å². The average Bonchev–Trinajstić information content (AvgIpc) is 3.51. The largest absolute Gasteiger partial charge is 0.394 e. The monoisotopic (exact) mass is 505 g/mol. The number of rotatable bonds is 6. The van der Waals surface area contributed by atoms with Crippen LogP contribution in [0.3, 0.4) is 0 Å². The van der Waals surface area contributed by atoms with E-state index >= 15 is 0 Å². The van der Waals surface area contributed by atoms with Crippen LogP contribution in [0.4, 0.5) is 8.78 Å². The highest BCUT2D eigenvalue weighted by Gasteiger charge is 2.65. The van der Waals surface area contributed by atoms with E-state index in [9.17, 15) is 13.9 Å². The van der Waals surface area contributed by atoms with Crippen molar-refractivity contribution in [1.82, 2.24) is 35.3 Å². The number of nitrogens with zero attached hydrogens (tertiary/aromatic N) is 6. The van der Waals surface area contributed by atoms with Crippen molar-refractivity contribution in [2.24, 2.45) is 5.41 Å². The number of aliphatic hydroxyl groups is 2. The van der Waals surface area contributed by atoms with E-state index in [1.807, 2.05) is 0 Å². The molecule has 1 aromatic carbocycles. The van der Waals surface area contributed by atoms with Gasteiger partial charge in [-0.2, -0.15) is 10.2 Å². The third-order valence-electron chi connectivity index (χ3n) is 8.08. The standard InChI is InChI=1S/C26H25F2N7O2/c1-25(2)15-6-7-26(25,23-14(15)9-18(32-34-23)22-16(27)4-3-5-17(22)28)20-11-29-10-19(30-20)24-31-21(33-35-24)8-13(37)12-36/h3-5,9-11,13,15,36-37H,6-8,12H2,1-2H3,(H,31,33,35)/t13-,15+,26+/m1/s1. The van der Waals surface area contributed by atoms with Crippen molar-refractivity contribution in [3.63, 3.8) is 0 Å². The van der Waals surface area contributed by atoms with Crippen LogP contribution in [0.1, 0.15) is 55.4 Å². The fourth-order valence-electron chi connectivity index (χ4n) is 6.22. The normalized spacial score (nSPS) is 22.3. The lowest BCUT2D eigenvalue weighted by atomic mass is 9.66. The summed E-state index contributed by atoms with van der Waals surface area (Å²) in [7, 11) is 0. The Kier molecular flexibility index (Phi) is 5.39. The topological polar surface area (TPSA) is 134 Å². The Bertz CT molecular complexity index is 1490. The Morgan fingerprint density at radius 2 is 1.89 bits per heavy atom. The highest BCUT2D eigenvalue weighted by Crippen LogP contribution is 2.69. The maximum atomic E-state index is 14.5. The van der Waals surface area contributed by atoms with Gasteiger partial charge in [-0.25, -0.2) is 18.7 Å². The molecule has 3 heterocycles. The van der Waals surface area contributed by atoms with Crippen molar-refractivity contribution in [2.75, 3.05) is 6.61 Å². The van der Waals surface area contributed by atoms with Gasteiger partial charge in [0.15, 0.2) is 11.6 Å². The van der Waals surface area contributed by atoms with Crippen LogP contribution in [-0.2, 0) is 11.8 Å². The lowest BCUT2D eigenvalue weighted by molar-refractivity contribution is 0.0939. The van der Waals surface area contributed by atoms with Gasteiger partial charge in [-0.15, -0.1) is 5.10 Å². The van der Waals surface area contributed by atoms with Gasteiger partial charge in [0.25, 0.3) is 0 Å². The SMILES string of the molecule is CC1(C)[C@H]2CC[C@]1(c1cncc(-c3nc(C[C@@H](O)CO)n[nH]3)n1)c1nnc(-c3c(F)cccc3F)cc12. The zero-order chi connectivity index (χ0) is 25.9. The van der Waals surface area contributed by atoms with Gasteiger partial charge < -0.3 is 10.2 Å². The first-order chi connectivity index (χ1) is 17.8. The van der Waals surface area contributed by atoms with E-state index in [0.29, 0.717) is 23.0 Å². The summed E-state index contributed by atoms with van der Waals surface area (Å²) in [6.07, 6.45) is 4.10. The number of aromatic nitrogens is 7. The molecule has 9 nitrogen and oxygen atoms in total. The molecule has 0 radical (unpaired) electrons. The fourth-order valence-corrected chi connectivity index (χ4v) is 6.22. The maximum absolute atomic E-state index is 14.5. The van der Waals surface area contributed by atoms with Gasteiger partial charge in [0.1, 0.15) is 17.3 Å². The van der Waals surface area contributed by atoms with Gasteiger partial charge in [-0.3, -0.25) is 10.1 Å². The molecule has 37 heavy (non-hydrogen) atoms. The van der Waals surface area contributed by atoms with Crippen molar-refractivity contribution in [3.8, 4) is 22.8 Å². The first-order valence-electron chi connectivity index (χ1n) is 12.1. The van der Waals surface area contributed by atoms with E-state index in [-0.39, 0.29) is 35.6 Å². The quantitative estimate of drug-likeness (QED) is 0.364. The highest BCUT2D eigenvalue weighted by molar-refractivity contribution is 5.64. The molecule has 0 spiro atoms. The molecule has 6 rings (SSSR count). The van der Waals surface area contributed by atoms with E-state index in [4.69, 9.17) is 10.1 Å². The number of fused-ring (bicyclic) bond motifs is 5. The second-order valence-corrected chi connectivity index (χ2v) is 10.3. The third-order valence-corrected chi connectivity index (χ3v) is 8.08. The molecule has 0 unspecified atom stereocenters. The number of aliphatic hydroxyl groups excluding tert-OH is 2. The van der Waals surface area contributed by atoms with Gasteiger partial charge in [0, 0.05) is 12.6 Å². The number of hydrogen-bond acceptors (Lipinski definition) is 8. The summed E-state index contributed by atoms with van der Waals surface area (Å²) in [6.45, 7) is 3.93. The Morgan fingerprint density at radius 1 is 1.11 bits per heavy atom. The van der Waals surface area contributed by atoms with E-state index in [1.54, 1.807) is 18.5 Å². The van der Waals surface area contributed by atoms with E-state index < -0.39 is 23.2 Å². The van der Waals surface area contributed by atoms with Crippen molar-refractivity contribution in [1.29, 1.82) is 0 Å². The summed E-state index contributed by atoms with van der Waals surface area (Å²) in [5.74, 6) is -0.499. The summed E-state index contributed by atoms with van der Waals surface area (Å²) >= 11 is 0. The molecule has 3 N–H and O–H groups in total. The molecule has 1 fully saturated rings. The van der Waals surface area contributed by atoms with Crippen LogP contribution in [0.5, 0.6) is 0 Å². The first kappa shape index (κ1) is 23.7. The molecule has 1 saturated carbocycles. The van der Waals surface area contributed by atoms with Crippen LogP contribution in [0.25, 0.3) is 22.8 Å². The molecule has 2 bridgehead atoms. The van der Waals surface area contributed by atoms with Crippen LogP contribution in [0, 0.1) is 17.0 Å². The number of nitrogens with one attached hydrogen (secondary N) is 1. The van der Waals surface area contributed by atoms with E-state index in [0.717, 1.165) is 24.1 Å². The van der Waals surface area contributed by atoms with Crippen LogP contribution in [0.2, 0.25) is 0 Å². The minimum atomic E-state index is -0.951. The predicted molar refractivity (Wildman–Crippen MR) is 128 cm³/mol. The first-order valence-corrected chi connectivity index (χ1v) is 12.1. The Labute approximate surface area is 211 Å². The average molecular weight is 506 g/mol. The van der Waals surface area contributed by atoms with Crippen molar-refractivity contribution in [2.45, 2.75) is 50.5 Å². The smallest absolute Gasteiger partial charge is 0.176 e. The zero-order valence-corrected chi connectivity index (χ0v) is 20.3. The van der Waals surface area contributed by atoms with Crippen LogP contribution >= 0.6 is 0 Å². The molecular weight excluding hydrogens is 480 g/mol. The maximum Gasteiger partial charge on any atom is 0.176 e. The lowest BCUT2D eigenvalue weighted by Gasteiger charge is -2.37. The highest BCUT2D eigenvalue weighted by atomic mass is 19.1. The zero-order valence-electron chi connectivity index (χ0n) is 20.3. The molecule has 0 saturated heterocycles. The van der Waals surface area contributed by atoms with Gasteiger partial charge in [0.05, 0.1) is 47.0 Å².